The van der Waals surface area contributed by atoms with Gasteiger partial charge in [-0.1, -0.05) is 30.3 Å². The van der Waals surface area contributed by atoms with Gasteiger partial charge < -0.3 is 19.9 Å². The molecule has 1 saturated heterocycles. The number of hydrogen-bond donors (Lipinski definition) is 2. The van der Waals surface area contributed by atoms with Crippen LogP contribution in [0, 0.1) is 5.92 Å². The van der Waals surface area contributed by atoms with Gasteiger partial charge >= 0.3 is 5.97 Å². The van der Waals surface area contributed by atoms with Crippen LogP contribution in [0.5, 0.6) is 0 Å². The van der Waals surface area contributed by atoms with Gasteiger partial charge in [0.15, 0.2) is 0 Å². The predicted molar refractivity (Wildman–Crippen MR) is 78.7 cm³/mol. The zero-order valence-electron chi connectivity index (χ0n) is 12.2. The molecule has 0 bridgehead atoms. The van der Waals surface area contributed by atoms with E-state index in [0.29, 0.717) is 25.7 Å². The van der Waals surface area contributed by atoms with Crippen molar-refractivity contribution >= 4 is 5.97 Å². The molecule has 1 fully saturated rings. The van der Waals surface area contributed by atoms with Crippen molar-refractivity contribution in [2.24, 2.45) is 5.92 Å². The van der Waals surface area contributed by atoms with E-state index in [-0.39, 0.29) is 18.6 Å². The van der Waals surface area contributed by atoms with Crippen molar-refractivity contribution in [3.8, 4) is 0 Å². The van der Waals surface area contributed by atoms with Crippen LogP contribution in [0.1, 0.15) is 18.4 Å². The lowest BCUT2D eigenvalue weighted by Gasteiger charge is -2.28. The van der Waals surface area contributed by atoms with Gasteiger partial charge in [-0.15, -0.1) is 0 Å². The van der Waals surface area contributed by atoms with Crippen LogP contribution in [-0.4, -0.2) is 43.5 Å². The predicted octanol–water partition coefficient (Wildman–Crippen LogP) is 1.11. The van der Waals surface area contributed by atoms with Gasteiger partial charge in [0.05, 0.1) is 13.2 Å². The molecule has 0 aliphatic carbocycles. The quantitative estimate of drug-likeness (QED) is 0.582. The highest BCUT2D eigenvalue weighted by atomic mass is 16.5. The van der Waals surface area contributed by atoms with Gasteiger partial charge in [-0.25, -0.2) is 0 Å². The number of benzene rings is 1. The number of aliphatic hydroxyl groups excluding tert-OH is 1. The summed E-state index contributed by atoms with van der Waals surface area (Å²) in [6, 6.07) is 9.41. The maximum absolute atomic E-state index is 12.1. The van der Waals surface area contributed by atoms with Gasteiger partial charge in [0, 0.05) is 6.61 Å². The summed E-state index contributed by atoms with van der Waals surface area (Å²) in [6.45, 7) is 2.08. The molecule has 0 radical (unpaired) electrons. The molecule has 5 heteroatoms. The first-order valence-electron chi connectivity index (χ1n) is 7.42. The van der Waals surface area contributed by atoms with Crippen molar-refractivity contribution in [1.29, 1.82) is 0 Å². The third-order valence-electron chi connectivity index (χ3n) is 3.61. The number of piperidine rings is 1. The third-order valence-corrected chi connectivity index (χ3v) is 3.61. The Labute approximate surface area is 125 Å². The van der Waals surface area contributed by atoms with Crippen LogP contribution in [0.15, 0.2) is 30.3 Å². The van der Waals surface area contributed by atoms with E-state index in [0.717, 1.165) is 24.9 Å². The molecule has 0 spiro atoms. The van der Waals surface area contributed by atoms with Crippen molar-refractivity contribution in [3.63, 3.8) is 0 Å². The number of carbonyl (C=O) groups excluding carboxylic acids is 1. The SMILES string of the molecule is O=C(OCc1ccccc1)C1CC(COCCO)CCN1. The van der Waals surface area contributed by atoms with Gasteiger partial charge in [0.25, 0.3) is 0 Å². The summed E-state index contributed by atoms with van der Waals surface area (Å²) in [7, 11) is 0. The Morgan fingerprint density at radius 2 is 2.14 bits per heavy atom. The summed E-state index contributed by atoms with van der Waals surface area (Å²) < 4.78 is 10.7. The van der Waals surface area contributed by atoms with Gasteiger partial charge in [-0.2, -0.15) is 0 Å². The minimum Gasteiger partial charge on any atom is -0.460 e. The second-order valence-corrected chi connectivity index (χ2v) is 5.29. The first kappa shape index (κ1) is 15.9. The standard InChI is InChI=1S/C16H23NO4/c18-8-9-20-11-14-6-7-17-15(10-14)16(19)21-12-13-4-2-1-3-5-13/h1-5,14-15,17-18H,6-12H2. The lowest BCUT2D eigenvalue weighted by molar-refractivity contribution is -0.148. The fourth-order valence-corrected chi connectivity index (χ4v) is 2.47. The molecule has 2 rings (SSSR count). The molecular weight excluding hydrogens is 270 g/mol. The van der Waals surface area contributed by atoms with E-state index in [4.69, 9.17) is 14.6 Å². The van der Waals surface area contributed by atoms with E-state index in [1.807, 2.05) is 30.3 Å². The second kappa shape index (κ2) is 8.77. The van der Waals surface area contributed by atoms with E-state index in [1.54, 1.807) is 0 Å². The molecule has 2 N–H and O–H groups in total. The van der Waals surface area contributed by atoms with Gasteiger partial charge in [0.1, 0.15) is 12.6 Å². The molecular formula is C16H23NO4. The van der Waals surface area contributed by atoms with Gasteiger partial charge in [-0.05, 0) is 30.9 Å². The molecule has 0 amide bonds. The maximum atomic E-state index is 12.1. The summed E-state index contributed by atoms with van der Waals surface area (Å²) >= 11 is 0. The van der Waals surface area contributed by atoms with Gasteiger partial charge in [-0.3, -0.25) is 4.79 Å². The van der Waals surface area contributed by atoms with Crippen molar-refractivity contribution in [2.75, 3.05) is 26.4 Å². The number of ether oxygens (including phenoxy) is 2. The Morgan fingerprint density at radius 3 is 2.90 bits per heavy atom. The molecule has 1 heterocycles. The molecule has 1 aliphatic rings. The average Bonchev–Trinajstić information content (AvgIpc) is 2.54. The molecule has 5 nitrogen and oxygen atoms in total. The Kier molecular flexibility index (Phi) is 6.66. The molecule has 2 unspecified atom stereocenters. The van der Waals surface area contributed by atoms with E-state index in [1.165, 1.54) is 0 Å². The number of aliphatic hydroxyl groups is 1. The lowest BCUT2D eigenvalue weighted by atomic mass is 9.93. The van der Waals surface area contributed by atoms with Crippen LogP contribution >= 0.6 is 0 Å². The highest BCUT2D eigenvalue weighted by Gasteiger charge is 2.28. The van der Waals surface area contributed by atoms with Crippen LogP contribution in [0.25, 0.3) is 0 Å². The van der Waals surface area contributed by atoms with Gasteiger partial charge in [0.2, 0.25) is 0 Å². The van der Waals surface area contributed by atoms with Crippen molar-refractivity contribution in [1.82, 2.24) is 5.32 Å². The largest absolute Gasteiger partial charge is 0.460 e. The molecule has 2 atom stereocenters. The molecule has 1 aromatic carbocycles. The lowest BCUT2D eigenvalue weighted by Crippen LogP contribution is -2.45. The van der Waals surface area contributed by atoms with E-state index in [9.17, 15) is 4.79 Å². The summed E-state index contributed by atoms with van der Waals surface area (Å²) in [5.74, 6) is 0.137. The van der Waals surface area contributed by atoms with E-state index in [2.05, 4.69) is 5.32 Å². The summed E-state index contributed by atoms with van der Waals surface area (Å²) in [4.78, 5) is 12.1. The van der Waals surface area contributed by atoms with Crippen molar-refractivity contribution in [2.45, 2.75) is 25.5 Å². The van der Waals surface area contributed by atoms with Crippen LogP contribution in [-0.2, 0) is 20.9 Å². The molecule has 0 aromatic heterocycles. The topological polar surface area (TPSA) is 67.8 Å². The number of nitrogens with one attached hydrogen (secondary N) is 1. The number of rotatable bonds is 7. The Balaban J connectivity index is 1.74. The number of carbonyl (C=O) groups is 1. The minimum atomic E-state index is -0.259. The third kappa shape index (κ3) is 5.46. The van der Waals surface area contributed by atoms with E-state index < -0.39 is 0 Å². The first-order chi connectivity index (χ1) is 10.3. The Bertz CT molecular complexity index is 424. The molecule has 1 aliphatic heterocycles. The Morgan fingerprint density at radius 1 is 1.33 bits per heavy atom. The summed E-state index contributed by atoms with van der Waals surface area (Å²) in [6.07, 6.45) is 1.70. The maximum Gasteiger partial charge on any atom is 0.323 e. The molecule has 0 saturated carbocycles. The highest BCUT2D eigenvalue weighted by molar-refractivity contribution is 5.75. The normalized spacial score (nSPS) is 22.0. The van der Waals surface area contributed by atoms with Crippen LogP contribution in [0.2, 0.25) is 0 Å². The van der Waals surface area contributed by atoms with Crippen molar-refractivity contribution < 1.29 is 19.4 Å². The van der Waals surface area contributed by atoms with Crippen LogP contribution in [0.4, 0.5) is 0 Å². The smallest absolute Gasteiger partial charge is 0.323 e. The first-order valence-corrected chi connectivity index (χ1v) is 7.42. The summed E-state index contributed by atoms with van der Waals surface area (Å²) in [5, 5.41) is 11.9. The minimum absolute atomic E-state index is 0.0352. The molecule has 21 heavy (non-hydrogen) atoms. The average molecular weight is 293 g/mol. The second-order valence-electron chi connectivity index (χ2n) is 5.29. The highest BCUT2D eigenvalue weighted by Crippen LogP contribution is 2.18. The van der Waals surface area contributed by atoms with Crippen LogP contribution in [0.3, 0.4) is 0 Å². The number of esters is 1. The zero-order valence-corrected chi connectivity index (χ0v) is 12.2. The number of hydrogen-bond acceptors (Lipinski definition) is 5. The molecule has 116 valence electrons. The van der Waals surface area contributed by atoms with Crippen LogP contribution < -0.4 is 5.32 Å². The fraction of sp³-hybridized carbons (Fsp3) is 0.562. The molecule has 1 aromatic rings. The zero-order chi connectivity index (χ0) is 14.9. The van der Waals surface area contributed by atoms with Crippen molar-refractivity contribution in [3.05, 3.63) is 35.9 Å². The monoisotopic (exact) mass is 293 g/mol. The fourth-order valence-electron chi connectivity index (χ4n) is 2.47. The summed E-state index contributed by atoms with van der Waals surface area (Å²) in [5.41, 5.74) is 0.990. The Hall–Kier alpha value is -1.43. The van der Waals surface area contributed by atoms with E-state index >= 15 is 0 Å².